The van der Waals surface area contributed by atoms with Gasteiger partial charge in [0.15, 0.2) is 0 Å². The van der Waals surface area contributed by atoms with Crippen molar-refractivity contribution in [2.45, 2.75) is 6.92 Å². The third-order valence-electron chi connectivity index (χ3n) is 1.72. The van der Waals surface area contributed by atoms with Crippen LogP contribution in [0.2, 0.25) is 0 Å². The molecule has 82 valence electrons. The summed E-state index contributed by atoms with van der Waals surface area (Å²) in [5.41, 5.74) is 1.03. The zero-order chi connectivity index (χ0) is 11.5. The van der Waals surface area contributed by atoms with Gasteiger partial charge in [0.1, 0.15) is 0 Å². The summed E-state index contributed by atoms with van der Waals surface area (Å²) in [5.74, 6) is 0. The Balaban J connectivity index is 3.19. The molecule has 0 amide bonds. The van der Waals surface area contributed by atoms with Crippen LogP contribution in [0.15, 0.2) is 29.4 Å². The monoisotopic (exact) mass is 229 g/mol. The van der Waals surface area contributed by atoms with E-state index in [1.165, 1.54) is 6.07 Å². The van der Waals surface area contributed by atoms with Crippen LogP contribution in [0.3, 0.4) is 0 Å². The van der Waals surface area contributed by atoms with Crippen LogP contribution in [-0.2, 0) is 10.2 Å². The summed E-state index contributed by atoms with van der Waals surface area (Å²) < 4.78 is 23.8. The fourth-order valence-electron chi connectivity index (χ4n) is 1.09. The highest BCUT2D eigenvalue weighted by Gasteiger charge is 2.09. The number of nitrogens with zero attached hydrogens (tertiary/aromatic N) is 1. The third-order valence-corrected chi connectivity index (χ3v) is 2.22. The molecule has 0 heterocycles. The van der Waals surface area contributed by atoms with Gasteiger partial charge in [-0.15, -0.1) is 0 Å². The summed E-state index contributed by atoms with van der Waals surface area (Å²) in [6, 6.07) is 6.47. The summed E-state index contributed by atoms with van der Waals surface area (Å²) in [4.78, 5) is 0. The maximum Gasteiger partial charge on any atom is 0.296 e. The number of anilines is 1. The molecule has 0 radical (unpaired) electrons. The molecule has 1 aromatic rings. The molecule has 6 nitrogen and oxygen atoms in total. The van der Waals surface area contributed by atoms with E-state index in [0.717, 1.165) is 0 Å². The van der Waals surface area contributed by atoms with E-state index in [1.54, 1.807) is 25.1 Å². The van der Waals surface area contributed by atoms with Crippen LogP contribution in [0.25, 0.3) is 0 Å². The highest BCUT2D eigenvalue weighted by molar-refractivity contribution is 7.90. The Morgan fingerprint density at radius 3 is 2.60 bits per heavy atom. The van der Waals surface area contributed by atoms with Crippen LogP contribution in [-0.4, -0.2) is 19.3 Å². The van der Waals surface area contributed by atoms with Gasteiger partial charge in [0.25, 0.3) is 10.2 Å². The number of hydrogen-bond donors (Lipinski definition) is 3. The summed E-state index contributed by atoms with van der Waals surface area (Å²) >= 11 is 0. The molecular formula is C8H11N3O3S. The van der Waals surface area contributed by atoms with Crippen LogP contribution in [0.1, 0.15) is 12.5 Å². The lowest BCUT2D eigenvalue weighted by Crippen LogP contribution is -2.22. The van der Waals surface area contributed by atoms with Gasteiger partial charge < -0.3 is 5.21 Å². The lowest BCUT2D eigenvalue weighted by molar-refractivity contribution is 0.319. The van der Waals surface area contributed by atoms with Crippen LogP contribution >= 0.6 is 0 Å². The average molecular weight is 229 g/mol. The van der Waals surface area contributed by atoms with E-state index in [9.17, 15) is 8.42 Å². The normalized spacial score (nSPS) is 12.5. The second-order valence-corrected chi connectivity index (χ2v) is 4.17. The maximum absolute atomic E-state index is 10.8. The van der Waals surface area contributed by atoms with Crippen molar-refractivity contribution in [2.24, 2.45) is 10.3 Å². The molecule has 1 aromatic carbocycles. The molecule has 0 spiro atoms. The molecule has 0 aromatic heterocycles. The van der Waals surface area contributed by atoms with E-state index >= 15 is 0 Å². The van der Waals surface area contributed by atoms with Crippen LogP contribution in [0.5, 0.6) is 0 Å². The molecule has 0 bridgehead atoms. The van der Waals surface area contributed by atoms with Gasteiger partial charge in [-0.2, -0.15) is 8.42 Å². The Kier molecular flexibility index (Phi) is 3.28. The summed E-state index contributed by atoms with van der Waals surface area (Å²) in [6.45, 7) is 1.55. The molecule has 7 heteroatoms. The van der Waals surface area contributed by atoms with Crippen molar-refractivity contribution in [3.05, 3.63) is 29.8 Å². The van der Waals surface area contributed by atoms with Gasteiger partial charge in [-0.1, -0.05) is 23.4 Å². The minimum Gasteiger partial charge on any atom is -0.411 e. The Labute approximate surface area is 87.6 Å². The summed E-state index contributed by atoms with van der Waals surface area (Å²) in [6.07, 6.45) is 0. The number of rotatable bonds is 3. The zero-order valence-corrected chi connectivity index (χ0v) is 8.82. The van der Waals surface area contributed by atoms with Crippen molar-refractivity contribution in [3.8, 4) is 0 Å². The predicted octanol–water partition coefficient (Wildman–Crippen LogP) is 0.500. The Bertz CT molecular complexity index is 482. The fraction of sp³-hybridized carbons (Fsp3) is 0.125. The first kappa shape index (κ1) is 11.5. The molecule has 0 saturated heterocycles. The van der Waals surface area contributed by atoms with Gasteiger partial charge in [-0.25, -0.2) is 5.14 Å². The maximum atomic E-state index is 10.8. The highest BCUT2D eigenvalue weighted by atomic mass is 32.2. The van der Waals surface area contributed by atoms with Gasteiger partial charge in [0.05, 0.1) is 11.4 Å². The van der Waals surface area contributed by atoms with Crippen LogP contribution in [0.4, 0.5) is 5.69 Å². The molecular weight excluding hydrogens is 218 g/mol. The Hall–Kier alpha value is -1.60. The van der Waals surface area contributed by atoms with E-state index in [0.29, 0.717) is 11.3 Å². The standard InChI is InChI=1S/C8H11N3O3S/c1-6(10-12)7-4-2-3-5-8(7)11-15(9,13)14/h2-5,11-12H,1H3,(H2,9,13,14)/b10-6+. The number of nitrogens with two attached hydrogens (primary N) is 1. The van der Waals surface area contributed by atoms with Crippen molar-refractivity contribution in [1.82, 2.24) is 0 Å². The molecule has 1 rings (SSSR count). The Morgan fingerprint density at radius 2 is 2.07 bits per heavy atom. The topological polar surface area (TPSA) is 105 Å². The van der Waals surface area contributed by atoms with Crippen LogP contribution < -0.4 is 9.86 Å². The van der Waals surface area contributed by atoms with Crippen LogP contribution in [0, 0.1) is 0 Å². The molecule has 0 saturated carbocycles. The molecule has 15 heavy (non-hydrogen) atoms. The number of nitrogens with one attached hydrogen (secondary N) is 1. The zero-order valence-electron chi connectivity index (χ0n) is 8.01. The first-order valence-corrected chi connectivity index (χ1v) is 5.57. The lowest BCUT2D eigenvalue weighted by Gasteiger charge is -2.08. The highest BCUT2D eigenvalue weighted by Crippen LogP contribution is 2.16. The molecule has 0 aliphatic rings. The minimum absolute atomic E-state index is 0.273. The second kappa shape index (κ2) is 4.28. The van der Waals surface area contributed by atoms with Gasteiger partial charge in [0.2, 0.25) is 0 Å². The molecule has 4 N–H and O–H groups in total. The number of oxime groups is 1. The van der Waals surface area contributed by atoms with Gasteiger partial charge >= 0.3 is 0 Å². The van der Waals surface area contributed by atoms with E-state index < -0.39 is 10.2 Å². The summed E-state index contributed by atoms with van der Waals surface area (Å²) in [5, 5.41) is 16.4. The van der Waals surface area contributed by atoms with Crippen molar-refractivity contribution in [1.29, 1.82) is 0 Å². The fourth-order valence-corrected chi connectivity index (χ4v) is 1.58. The minimum atomic E-state index is -3.83. The van der Waals surface area contributed by atoms with E-state index in [4.69, 9.17) is 10.3 Å². The van der Waals surface area contributed by atoms with Crippen molar-refractivity contribution in [2.75, 3.05) is 4.72 Å². The Morgan fingerprint density at radius 1 is 1.47 bits per heavy atom. The quantitative estimate of drug-likeness (QED) is 0.399. The van der Waals surface area contributed by atoms with Crippen molar-refractivity contribution >= 4 is 21.6 Å². The smallest absolute Gasteiger partial charge is 0.296 e. The number of para-hydroxylation sites is 1. The number of hydrogen-bond acceptors (Lipinski definition) is 4. The average Bonchev–Trinajstić information content (AvgIpc) is 2.15. The number of benzene rings is 1. The first-order chi connectivity index (χ1) is 6.94. The molecule has 0 aliphatic heterocycles. The second-order valence-electron chi connectivity index (χ2n) is 2.88. The van der Waals surface area contributed by atoms with E-state index in [1.807, 2.05) is 0 Å². The molecule has 0 fully saturated rings. The summed E-state index contributed by atoms with van der Waals surface area (Å²) in [7, 11) is -3.83. The SMILES string of the molecule is C/C(=N\O)c1ccccc1NS(N)(=O)=O. The largest absolute Gasteiger partial charge is 0.411 e. The molecule has 0 atom stereocenters. The third kappa shape index (κ3) is 3.22. The lowest BCUT2D eigenvalue weighted by atomic mass is 10.1. The van der Waals surface area contributed by atoms with Gasteiger partial charge in [-0.05, 0) is 13.0 Å². The first-order valence-electron chi connectivity index (χ1n) is 4.02. The van der Waals surface area contributed by atoms with Gasteiger partial charge in [-0.3, -0.25) is 4.72 Å². The van der Waals surface area contributed by atoms with E-state index in [-0.39, 0.29) is 5.69 Å². The van der Waals surface area contributed by atoms with Crippen molar-refractivity contribution < 1.29 is 13.6 Å². The van der Waals surface area contributed by atoms with Gasteiger partial charge in [0, 0.05) is 5.56 Å². The van der Waals surface area contributed by atoms with Crippen molar-refractivity contribution in [3.63, 3.8) is 0 Å². The predicted molar refractivity (Wildman–Crippen MR) is 57.2 cm³/mol. The van der Waals surface area contributed by atoms with E-state index in [2.05, 4.69) is 9.88 Å². The molecule has 0 unspecified atom stereocenters. The molecule has 0 aliphatic carbocycles.